The molecular weight excluding hydrogens is 265 g/mol. The summed E-state index contributed by atoms with van der Waals surface area (Å²) in [4.78, 5) is 10.1. The second kappa shape index (κ2) is 3.97. The molecule has 0 fully saturated rings. The summed E-state index contributed by atoms with van der Waals surface area (Å²) in [7, 11) is -4.17. The third kappa shape index (κ3) is 2.60. The van der Waals surface area contributed by atoms with Crippen molar-refractivity contribution in [2.75, 3.05) is 0 Å². The molecular formula is C7H5Cl2NO4S. The first kappa shape index (κ1) is 12.3. The first-order chi connectivity index (χ1) is 6.73. The van der Waals surface area contributed by atoms with Crippen molar-refractivity contribution in [2.45, 2.75) is 4.90 Å². The van der Waals surface area contributed by atoms with Crippen LogP contribution in [0.1, 0.15) is 10.4 Å². The highest BCUT2D eigenvalue weighted by Gasteiger charge is 2.22. The van der Waals surface area contributed by atoms with Crippen molar-refractivity contribution in [1.82, 2.24) is 0 Å². The normalized spacial score (nSPS) is 11.4. The highest BCUT2D eigenvalue weighted by atomic mass is 35.5. The smallest absolute Gasteiger partial charge is 0.338 e. The molecule has 0 bridgehead atoms. The van der Waals surface area contributed by atoms with Gasteiger partial charge in [-0.1, -0.05) is 23.2 Å². The van der Waals surface area contributed by atoms with Crippen molar-refractivity contribution >= 4 is 39.2 Å². The van der Waals surface area contributed by atoms with E-state index in [9.17, 15) is 13.2 Å². The Hall–Kier alpha value is -0.820. The molecule has 15 heavy (non-hydrogen) atoms. The molecule has 82 valence electrons. The quantitative estimate of drug-likeness (QED) is 0.847. The number of aromatic carboxylic acids is 1. The van der Waals surface area contributed by atoms with Gasteiger partial charge in [-0.2, -0.15) is 0 Å². The zero-order valence-electron chi connectivity index (χ0n) is 7.07. The van der Waals surface area contributed by atoms with Crippen LogP contribution in [-0.2, 0) is 10.0 Å². The van der Waals surface area contributed by atoms with Crippen LogP contribution in [0.25, 0.3) is 0 Å². The zero-order chi connectivity index (χ0) is 11.8. The number of halogens is 2. The van der Waals surface area contributed by atoms with Crippen LogP contribution in [0.5, 0.6) is 0 Å². The molecule has 0 unspecified atom stereocenters. The Morgan fingerprint density at radius 3 is 2.27 bits per heavy atom. The number of carboxylic acids is 1. The molecule has 0 aromatic heterocycles. The molecule has 0 radical (unpaired) electrons. The van der Waals surface area contributed by atoms with Crippen molar-refractivity contribution in [2.24, 2.45) is 5.14 Å². The predicted octanol–water partition coefficient (Wildman–Crippen LogP) is 1.34. The molecule has 0 amide bonds. The van der Waals surface area contributed by atoms with Gasteiger partial charge in [-0.15, -0.1) is 0 Å². The monoisotopic (exact) mass is 269 g/mol. The van der Waals surface area contributed by atoms with Crippen molar-refractivity contribution in [3.05, 3.63) is 27.7 Å². The number of carboxylic acid groups (broad SMARTS) is 1. The third-order valence-electron chi connectivity index (χ3n) is 1.54. The van der Waals surface area contributed by atoms with Crippen LogP contribution in [0.3, 0.4) is 0 Å². The maximum Gasteiger partial charge on any atom is 0.338 e. The van der Waals surface area contributed by atoms with E-state index in [0.29, 0.717) is 0 Å². The summed E-state index contributed by atoms with van der Waals surface area (Å²) < 4.78 is 22.1. The van der Waals surface area contributed by atoms with Gasteiger partial charge in [0.1, 0.15) is 0 Å². The van der Waals surface area contributed by atoms with E-state index in [1.807, 2.05) is 0 Å². The molecule has 8 heteroatoms. The summed E-state index contributed by atoms with van der Waals surface area (Å²) in [6.45, 7) is 0. The van der Waals surface area contributed by atoms with E-state index in [0.717, 1.165) is 12.1 Å². The molecule has 3 N–H and O–H groups in total. The van der Waals surface area contributed by atoms with Gasteiger partial charge in [0.15, 0.2) is 0 Å². The summed E-state index contributed by atoms with van der Waals surface area (Å²) in [5.74, 6) is -1.49. The number of hydrogen-bond acceptors (Lipinski definition) is 3. The molecule has 0 aliphatic rings. The second-order valence-electron chi connectivity index (χ2n) is 2.61. The van der Waals surface area contributed by atoms with Crippen LogP contribution in [-0.4, -0.2) is 19.5 Å². The first-order valence-electron chi connectivity index (χ1n) is 3.48. The number of primary sulfonamides is 1. The van der Waals surface area contributed by atoms with E-state index in [-0.39, 0.29) is 10.0 Å². The number of nitrogens with two attached hydrogens (primary N) is 1. The van der Waals surface area contributed by atoms with Gasteiger partial charge >= 0.3 is 5.97 Å². The lowest BCUT2D eigenvalue weighted by atomic mass is 10.2. The van der Waals surface area contributed by atoms with Crippen molar-refractivity contribution < 1.29 is 18.3 Å². The Kier molecular flexibility index (Phi) is 3.25. The van der Waals surface area contributed by atoms with Crippen LogP contribution in [0, 0.1) is 0 Å². The fourth-order valence-electron chi connectivity index (χ4n) is 0.982. The van der Waals surface area contributed by atoms with Gasteiger partial charge in [0.2, 0.25) is 10.0 Å². The van der Waals surface area contributed by atoms with Crippen LogP contribution in [0.2, 0.25) is 10.0 Å². The minimum atomic E-state index is -4.17. The Morgan fingerprint density at radius 1 is 1.33 bits per heavy atom. The Bertz CT molecular complexity index is 526. The molecule has 0 spiro atoms. The summed E-state index contributed by atoms with van der Waals surface area (Å²) in [6.07, 6.45) is 0. The predicted molar refractivity (Wildman–Crippen MR) is 54.8 cm³/mol. The van der Waals surface area contributed by atoms with Gasteiger partial charge in [0.25, 0.3) is 0 Å². The topological polar surface area (TPSA) is 97.5 Å². The van der Waals surface area contributed by atoms with E-state index in [2.05, 4.69) is 0 Å². The summed E-state index contributed by atoms with van der Waals surface area (Å²) in [5.41, 5.74) is -0.580. The fraction of sp³-hybridized carbons (Fsp3) is 0. The minimum absolute atomic E-state index is 0.00553. The SMILES string of the molecule is NS(=O)(=O)c1cc(Cl)cc(Cl)c1C(=O)O. The van der Waals surface area contributed by atoms with E-state index < -0.39 is 26.5 Å². The maximum absolute atomic E-state index is 11.1. The van der Waals surface area contributed by atoms with Gasteiger partial charge < -0.3 is 5.11 Å². The molecule has 1 aromatic carbocycles. The lowest BCUT2D eigenvalue weighted by Crippen LogP contribution is -2.17. The van der Waals surface area contributed by atoms with E-state index >= 15 is 0 Å². The van der Waals surface area contributed by atoms with E-state index in [1.165, 1.54) is 0 Å². The zero-order valence-corrected chi connectivity index (χ0v) is 9.40. The number of hydrogen-bond donors (Lipinski definition) is 2. The van der Waals surface area contributed by atoms with Gasteiger partial charge in [-0.05, 0) is 12.1 Å². The van der Waals surface area contributed by atoms with E-state index in [4.69, 9.17) is 33.4 Å². The molecule has 0 saturated heterocycles. The van der Waals surface area contributed by atoms with Crippen LogP contribution < -0.4 is 5.14 Å². The number of carbonyl (C=O) groups is 1. The average molecular weight is 270 g/mol. The highest BCUT2D eigenvalue weighted by Crippen LogP contribution is 2.27. The third-order valence-corrected chi connectivity index (χ3v) is 2.99. The van der Waals surface area contributed by atoms with Crippen molar-refractivity contribution in [3.63, 3.8) is 0 Å². The Balaban J connectivity index is 3.70. The van der Waals surface area contributed by atoms with Gasteiger partial charge in [0, 0.05) is 5.02 Å². The molecule has 0 aliphatic heterocycles. The average Bonchev–Trinajstić information content (AvgIpc) is 1.99. The molecule has 0 atom stereocenters. The number of benzene rings is 1. The lowest BCUT2D eigenvalue weighted by Gasteiger charge is -2.06. The van der Waals surface area contributed by atoms with Crippen LogP contribution in [0.15, 0.2) is 17.0 Å². The molecule has 0 aliphatic carbocycles. The number of sulfonamides is 1. The molecule has 0 saturated carbocycles. The van der Waals surface area contributed by atoms with E-state index in [1.54, 1.807) is 0 Å². The summed E-state index contributed by atoms with van der Waals surface area (Å²) >= 11 is 11.1. The molecule has 1 aromatic rings. The number of rotatable bonds is 2. The lowest BCUT2D eigenvalue weighted by molar-refractivity contribution is 0.0693. The molecule has 0 heterocycles. The first-order valence-corrected chi connectivity index (χ1v) is 5.79. The minimum Gasteiger partial charge on any atom is -0.478 e. The highest BCUT2D eigenvalue weighted by molar-refractivity contribution is 7.89. The van der Waals surface area contributed by atoms with Crippen molar-refractivity contribution in [3.8, 4) is 0 Å². The van der Waals surface area contributed by atoms with Gasteiger partial charge in [0.05, 0.1) is 15.5 Å². The summed E-state index contributed by atoms with van der Waals surface area (Å²) in [6, 6.07) is 2.06. The summed E-state index contributed by atoms with van der Waals surface area (Å²) in [5, 5.41) is 13.3. The van der Waals surface area contributed by atoms with Crippen molar-refractivity contribution in [1.29, 1.82) is 0 Å². The van der Waals surface area contributed by atoms with Gasteiger partial charge in [-0.25, -0.2) is 18.4 Å². The molecule has 1 rings (SSSR count). The van der Waals surface area contributed by atoms with Crippen LogP contribution in [0.4, 0.5) is 0 Å². The fourth-order valence-corrected chi connectivity index (χ4v) is 2.45. The second-order valence-corrected chi connectivity index (χ2v) is 4.98. The van der Waals surface area contributed by atoms with Gasteiger partial charge in [-0.3, -0.25) is 0 Å². The standard InChI is InChI=1S/C7H5Cl2NO4S/c8-3-1-4(9)6(7(11)12)5(2-3)15(10,13)14/h1-2H,(H,11,12)(H2,10,13,14). The molecule has 5 nitrogen and oxygen atoms in total. The Labute approximate surface area is 95.5 Å². The maximum atomic E-state index is 11.1. The Morgan fingerprint density at radius 2 is 1.87 bits per heavy atom. The van der Waals surface area contributed by atoms with Crippen LogP contribution >= 0.6 is 23.2 Å². The largest absolute Gasteiger partial charge is 0.478 e.